The molecule has 4 nitrogen and oxygen atoms in total. The number of hydrogen-bond acceptors (Lipinski definition) is 3. The van der Waals surface area contributed by atoms with Gasteiger partial charge in [0.25, 0.3) is 0 Å². The highest BCUT2D eigenvalue weighted by Crippen LogP contribution is 2.51. The van der Waals surface area contributed by atoms with Gasteiger partial charge in [-0.1, -0.05) is 45.9 Å². The van der Waals surface area contributed by atoms with Crippen LogP contribution in [0, 0.1) is 6.92 Å². The normalized spacial score (nSPS) is 23.9. The molecule has 164 valence electrons. The van der Waals surface area contributed by atoms with Gasteiger partial charge in [0.2, 0.25) is 0 Å². The summed E-state index contributed by atoms with van der Waals surface area (Å²) < 4.78 is 6.17. The van der Waals surface area contributed by atoms with E-state index in [4.69, 9.17) is 4.74 Å². The van der Waals surface area contributed by atoms with Crippen LogP contribution in [0.3, 0.4) is 0 Å². The molecule has 0 spiro atoms. The predicted octanol–water partition coefficient (Wildman–Crippen LogP) is 6.16. The molecule has 1 aromatic heterocycles. The third-order valence-corrected chi connectivity index (χ3v) is 7.54. The third kappa shape index (κ3) is 3.41. The second kappa shape index (κ2) is 7.30. The minimum Gasteiger partial charge on any atom is -0.478 e. The Kier molecular flexibility index (Phi) is 5.13. The molecule has 1 N–H and O–H groups in total. The summed E-state index contributed by atoms with van der Waals surface area (Å²) >= 11 is 0. The Bertz CT molecular complexity index is 1060. The smallest absolute Gasteiger partial charge is 0.337 e. The number of fused-ring (bicyclic) bond motifs is 1. The van der Waals surface area contributed by atoms with E-state index >= 15 is 0 Å². The second-order valence-electron chi connectivity index (χ2n) is 10.4. The number of methoxy groups -OCH3 is 1. The molecular weight excluding hydrogens is 386 g/mol. The molecule has 1 heterocycles. The van der Waals surface area contributed by atoms with Crippen LogP contribution in [0.5, 0.6) is 0 Å². The fourth-order valence-corrected chi connectivity index (χ4v) is 5.40. The first-order valence-corrected chi connectivity index (χ1v) is 11.1. The Labute approximate surface area is 185 Å². The van der Waals surface area contributed by atoms with Gasteiger partial charge >= 0.3 is 5.97 Å². The number of benzene rings is 1. The molecule has 0 aliphatic heterocycles. The summed E-state index contributed by atoms with van der Waals surface area (Å²) in [5.74, 6) is -0.969. The lowest BCUT2D eigenvalue weighted by molar-refractivity contribution is 0.0340. The predicted molar refractivity (Wildman–Crippen MR) is 124 cm³/mol. The number of aromatic carboxylic acids is 1. The van der Waals surface area contributed by atoms with Crippen LogP contribution >= 0.6 is 0 Å². The van der Waals surface area contributed by atoms with Gasteiger partial charge in [-0.3, -0.25) is 4.98 Å². The van der Waals surface area contributed by atoms with Crippen LogP contribution in [0.15, 0.2) is 36.5 Å². The lowest BCUT2D eigenvalue weighted by Gasteiger charge is -2.43. The highest BCUT2D eigenvalue weighted by atomic mass is 16.5. The molecule has 0 fully saturated rings. The van der Waals surface area contributed by atoms with Crippen molar-refractivity contribution in [2.75, 3.05) is 7.11 Å². The first kappa shape index (κ1) is 21.8. The van der Waals surface area contributed by atoms with Crippen LogP contribution in [0.2, 0.25) is 0 Å². The van der Waals surface area contributed by atoms with Crippen molar-refractivity contribution < 1.29 is 14.6 Å². The number of carbonyl (C=O) groups is 1. The molecule has 4 rings (SSSR count). The van der Waals surface area contributed by atoms with E-state index in [-0.39, 0.29) is 16.4 Å². The van der Waals surface area contributed by atoms with E-state index in [1.165, 1.54) is 41.3 Å². The molecule has 0 bridgehead atoms. The molecule has 4 heteroatoms. The maximum absolute atomic E-state index is 11.3. The molecular formula is C27H33NO3. The van der Waals surface area contributed by atoms with Crippen LogP contribution in [0.25, 0.3) is 5.57 Å². The van der Waals surface area contributed by atoms with Crippen molar-refractivity contribution in [2.24, 2.45) is 0 Å². The maximum atomic E-state index is 11.3. The molecule has 0 radical (unpaired) electrons. The Hall–Kier alpha value is -2.46. The standard InChI is InChI=1S/C27H33NO3/c1-17-14-21-22(26(4,5)13-12-25(21,2)3)15-19(17)20-8-7-11-27(20,31-6)23-10-9-18(16-28-23)24(29)30/h8-10,14-16H,7,11-13H2,1-6H3,(H,29,30). The molecule has 1 aromatic carbocycles. The molecule has 0 saturated carbocycles. The average Bonchev–Trinajstić information content (AvgIpc) is 3.16. The van der Waals surface area contributed by atoms with Gasteiger partial charge in [-0.15, -0.1) is 0 Å². The van der Waals surface area contributed by atoms with E-state index in [0.717, 1.165) is 24.1 Å². The number of hydrogen-bond donors (Lipinski definition) is 1. The lowest BCUT2D eigenvalue weighted by Crippen LogP contribution is -2.34. The fourth-order valence-electron chi connectivity index (χ4n) is 5.40. The van der Waals surface area contributed by atoms with Gasteiger partial charge < -0.3 is 9.84 Å². The second-order valence-corrected chi connectivity index (χ2v) is 10.4. The van der Waals surface area contributed by atoms with Crippen molar-refractivity contribution in [3.05, 3.63) is 70.0 Å². The monoisotopic (exact) mass is 419 g/mol. The number of carboxylic acid groups (broad SMARTS) is 1. The van der Waals surface area contributed by atoms with E-state index < -0.39 is 11.6 Å². The average molecular weight is 420 g/mol. The van der Waals surface area contributed by atoms with Gasteiger partial charge in [0, 0.05) is 13.3 Å². The number of allylic oxidation sites excluding steroid dienone is 1. The topological polar surface area (TPSA) is 59.4 Å². The molecule has 0 amide bonds. The first-order valence-electron chi connectivity index (χ1n) is 11.1. The number of rotatable bonds is 4. The van der Waals surface area contributed by atoms with Gasteiger partial charge in [0.05, 0.1) is 11.3 Å². The van der Waals surface area contributed by atoms with Gasteiger partial charge in [0.15, 0.2) is 0 Å². The first-order chi connectivity index (χ1) is 14.5. The van der Waals surface area contributed by atoms with Gasteiger partial charge in [-0.2, -0.15) is 0 Å². The van der Waals surface area contributed by atoms with Crippen molar-refractivity contribution in [3.8, 4) is 0 Å². The van der Waals surface area contributed by atoms with Crippen molar-refractivity contribution >= 4 is 11.5 Å². The summed E-state index contributed by atoms with van der Waals surface area (Å²) in [6.07, 6.45) is 7.75. The van der Waals surface area contributed by atoms with Crippen LogP contribution < -0.4 is 0 Å². The van der Waals surface area contributed by atoms with E-state index in [0.29, 0.717) is 0 Å². The number of carboxylic acids is 1. The Morgan fingerprint density at radius 3 is 2.23 bits per heavy atom. The number of aromatic nitrogens is 1. The van der Waals surface area contributed by atoms with Crippen LogP contribution in [-0.2, 0) is 21.2 Å². The highest BCUT2D eigenvalue weighted by Gasteiger charge is 2.43. The number of aryl methyl sites for hydroxylation is 1. The molecule has 2 aliphatic carbocycles. The summed E-state index contributed by atoms with van der Waals surface area (Å²) in [5, 5.41) is 9.25. The Balaban J connectivity index is 1.86. The van der Waals surface area contributed by atoms with E-state index in [9.17, 15) is 9.90 Å². The third-order valence-electron chi connectivity index (χ3n) is 7.54. The van der Waals surface area contributed by atoms with E-state index in [2.05, 4.69) is 57.8 Å². The fraction of sp³-hybridized carbons (Fsp3) is 0.481. The summed E-state index contributed by atoms with van der Waals surface area (Å²) in [7, 11) is 1.73. The number of nitrogens with zero attached hydrogens (tertiary/aromatic N) is 1. The highest BCUT2D eigenvalue weighted by molar-refractivity contribution is 5.87. The molecule has 31 heavy (non-hydrogen) atoms. The van der Waals surface area contributed by atoms with Crippen LogP contribution in [-0.4, -0.2) is 23.2 Å². The summed E-state index contributed by atoms with van der Waals surface area (Å²) in [6.45, 7) is 11.6. The molecule has 2 aliphatic rings. The Morgan fingerprint density at radius 2 is 1.68 bits per heavy atom. The van der Waals surface area contributed by atoms with Gasteiger partial charge in [-0.05, 0) is 83.4 Å². The molecule has 1 atom stereocenters. The van der Waals surface area contributed by atoms with Crippen LogP contribution in [0.1, 0.15) is 91.7 Å². The van der Waals surface area contributed by atoms with E-state index in [1.807, 2.05) is 0 Å². The summed E-state index contributed by atoms with van der Waals surface area (Å²) in [6, 6.07) is 8.19. The minimum absolute atomic E-state index is 0.129. The molecule has 0 saturated heterocycles. The largest absolute Gasteiger partial charge is 0.478 e. The van der Waals surface area contributed by atoms with Crippen molar-refractivity contribution in [2.45, 2.75) is 76.7 Å². The van der Waals surface area contributed by atoms with Crippen molar-refractivity contribution in [1.82, 2.24) is 4.98 Å². The zero-order valence-electron chi connectivity index (χ0n) is 19.5. The molecule has 1 unspecified atom stereocenters. The maximum Gasteiger partial charge on any atom is 0.337 e. The van der Waals surface area contributed by atoms with Crippen molar-refractivity contribution in [3.63, 3.8) is 0 Å². The summed E-state index contributed by atoms with van der Waals surface area (Å²) in [5.41, 5.74) is 7.08. The van der Waals surface area contributed by atoms with Crippen molar-refractivity contribution in [1.29, 1.82) is 0 Å². The number of pyridine rings is 1. The van der Waals surface area contributed by atoms with E-state index in [1.54, 1.807) is 19.2 Å². The lowest BCUT2D eigenvalue weighted by atomic mass is 9.62. The summed E-state index contributed by atoms with van der Waals surface area (Å²) in [4.78, 5) is 15.8. The quantitative estimate of drug-likeness (QED) is 0.645. The number of ether oxygens (including phenoxy) is 1. The molecule has 2 aromatic rings. The van der Waals surface area contributed by atoms with Gasteiger partial charge in [0.1, 0.15) is 5.60 Å². The SMILES string of the molecule is COC1(c2ccc(C(=O)O)cn2)CCC=C1c1cc2c(cc1C)C(C)(C)CCC2(C)C. The van der Waals surface area contributed by atoms with Gasteiger partial charge in [-0.25, -0.2) is 4.79 Å². The zero-order chi connectivity index (χ0) is 22.6. The van der Waals surface area contributed by atoms with Crippen LogP contribution in [0.4, 0.5) is 0 Å². The zero-order valence-corrected chi connectivity index (χ0v) is 19.5. The minimum atomic E-state index is -0.969. The Morgan fingerprint density at radius 1 is 1.03 bits per heavy atom.